The van der Waals surface area contributed by atoms with Crippen LogP contribution in [-0.2, 0) is 4.79 Å². The van der Waals surface area contributed by atoms with E-state index in [1.807, 2.05) is 29.6 Å². The standard InChI is InChI=1S/C20H24N2O3S/c1-3-22-14-15(25-18-8-5-4-7-16(18)22)13-21(2)20(24)11-10-17(23)19-9-6-12-26-19/h4-9,12,15H,3,10-11,13-14H2,1-2H3/t15-/m0/s1. The number of hydrogen-bond donors (Lipinski definition) is 0. The fourth-order valence-corrected chi connectivity index (χ4v) is 3.85. The van der Waals surface area contributed by atoms with Crippen LogP contribution in [0.3, 0.4) is 0 Å². The molecule has 6 heteroatoms. The molecule has 2 heterocycles. The molecule has 1 aliphatic rings. The van der Waals surface area contributed by atoms with E-state index in [1.54, 1.807) is 18.0 Å². The molecule has 0 radical (unpaired) electrons. The zero-order valence-electron chi connectivity index (χ0n) is 15.2. The maximum absolute atomic E-state index is 12.4. The number of hydrogen-bond acceptors (Lipinski definition) is 5. The molecule has 138 valence electrons. The Bertz CT molecular complexity index is 760. The van der Waals surface area contributed by atoms with Crippen molar-refractivity contribution in [3.8, 4) is 5.75 Å². The molecule has 1 aromatic heterocycles. The summed E-state index contributed by atoms with van der Waals surface area (Å²) in [6.07, 6.45) is 0.402. The highest BCUT2D eigenvalue weighted by Crippen LogP contribution is 2.32. The Balaban J connectivity index is 1.53. The second-order valence-corrected chi connectivity index (χ2v) is 7.37. The lowest BCUT2D eigenvalue weighted by molar-refractivity contribution is -0.130. The first-order chi connectivity index (χ1) is 12.6. The van der Waals surface area contributed by atoms with Gasteiger partial charge in [0.05, 0.1) is 23.7 Å². The van der Waals surface area contributed by atoms with Crippen molar-refractivity contribution in [2.24, 2.45) is 0 Å². The summed E-state index contributed by atoms with van der Waals surface area (Å²) < 4.78 is 6.07. The fourth-order valence-electron chi connectivity index (χ4n) is 3.15. The van der Waals surface area contributed by atoms with Crippen LogP contribution >= 0.6 is 11.3 Å². The molecule has 1 atom stereocenters. The van der Waals surface area contributed by atoms with Crippen molar-refractivity contribution in [3.63, 3.8) is 0 Å². The molecule has 0 spiro atoms. The minimum absolute atomic E-state index is 0.0274. The number of amides is 1. The van der Waals surface area contributed by atoms with Crippen molar-refractivity contribution in [2.75, 3.05) is 31.6 Å². The maximum Gasteiger partial charge on any atom is 0.222 e. The van der Waals surface area contributed by atoms with Gasteiger partial charge in [-0.1, -0.05) is 18.2 Å². The number of likely N-dealkylation sites (N-methyl/N-ethyl adjacent to an activating group) is 2. The third-order valence-electron chi connectivity index (χ3n) is 4.57. The molecule has 0 unspecified atom stereocenters. The number of ketones is 1. The van der Waals surface area contributed by atoms with E-state index in [1.165, 1.54) is 11.3 Å². The van der Waals surface area contributed by atoms with Crippen molar-refractivity contribution in [1.82, 2.24) is 4.90 Å². The number of rotatable bonds is 7. The highest BCUT2D eigenvalue weighted by molar-refractivity contribution is 7.12. The normalized spacial score (nSPS) is 15.9. The molecule has 1 amide bonds. The molecule has 3 rings (SSSR count). The summed E-state index contributed by atoms with van der Waals surface area (Å²) in [6, 6.07) is 11.6. The van der Waals surface area contributed by atoms with Gasteiger partial charge in [0.1, 0.15) is 11.9 Å². The Hall–Kier alpha value is -2.34. The van der Waals surface area contributed by atoms with Crippen molar-refractivity contribution in [2.45, 2.75) is 25.9 Å². The average Bonchev–Trinajstić information content (AvgIpc) is 3.19. The average molecular weight is 372 g/mol. The molecule has 5 nitrogen and oxygen atoms in total. The summed E-state index contributed by atoms with van der Waals surface area (Å²) in [7, 11) is 1.78. The van der Waals surface area contributed by atoms with Crippen LogP contribution in [0.15, 0.2) is 41.8 Å². The first-order valence-corrected chi connectivity index (χ1v) is 9.77. The Kier molecular flexibility index (Phi) is 5.93. The summed E-state index contributed by atoms with van der Waals surface area (Å²) in [5, 5.41) is 1.87. The Morgan fingerprint density at radius 1 is 1.23 bits per heavy atom. The SMILES string of the molecule is CCN1C[C@H](CN(C)C(=O)CCC(=O)c2cccs2)Oc2ccccc21. The van der Waals surface area contributed by atoms with E-state index in [-0.39, 0.29) is 30.6 Å². The van der Waals surface area contributed by atoms with Crippen LogP contribution in [0, 0.1) is 0 Å². The number of carbonyl (C=O) groups excluding carboxylic acids is 2. The van der Waals surface area contributed by atoms with Gasteiger partial charge in [-0.15, -0.1) is 11.3 Å². The molecule has 1 aliphatic heterocycles. The monoisotopic (exact) mass is 372 g/mol. The lowest BCUT2D eigenvalue weighted by Crippen LogP contribution is -2.46. The zero-order valence-corrected chi connectivity index (χ0v) is 16.0. The molecular formula is C20H24N2O3S. The highest BCUT2D eigenvalue weighted by atomic mass is 32.1. The molecule has 1 aromatic carbocycles. The summed E-state index contributed by atoms with van der Waals surface area (Å²) in [5.74, 6) is 0.862. The Labute approximate surface area is 158 Å². The molecule has 0 fully saturated rings. The Morgan fingerprint density at radius 3 is 2.77 bits per heavy atom. The van der Waals surface area contributed by atoms with Crippen LogP contribution in [-0.4, -0.2) is 49.4 Å². The topological polar surface area (TPSA) is 49.9 Å². The number of nitrogens with zero attached hydrogens (tertiary/aromatic N) is 2. The lowest BCUT2D eigenvalue weighted by Gasteiger charge is -2.37. The first-order valence-electron chi connectivity index (χ1n) is 8.89. The quantitative estimate of drug-likeness (QED) is 0.699. The third kappa shape index (κ3) is 4.25. The smallest absolute Gasteiger partial charge is 0.222 e. The summed E-state index contributed by atoms with van der Waals surface area (Å²) in [6.45, 7) is 4.27. The van der Waals surface area contributed by atoms with Crippen molar-refractivity contribution >= 4 is 28.7 Å². The molecule has 0 bridgehead atoms. The van der Waals surface area contributed by atoms with E-state index in [9.17, 15) is 9.59 Å². The van der Waals surface area contributed by atoms with Crippen molar-refractivity contribution in [1.29, 1.82) is 0 Å². The van der Waals surface area contributed by atoms with Gasteiger partial charge in [-0.25, -0.2) is 0 Å². The second kappa shape index (κ2) is 8.36. The number of thiophene rings is 1. The molecule has 0 saturated heterocycles. The van der Waals surface area contributed by atoms with Gasteiger partial charge in [0.25, 0.3) is 0 Å². The summed E-state index contributed by atoms with van der Waals surface area (Å²) >= 11 is 1.42. The van der Waals surface area contributed by atoms with Crippen LogP contribution in [0.25, 0.3) is 0 Å². The van der Waals surface area contributed by atoms with Crippen LogP contribution in [0.1, 0.15) is 29.4 Å². The van der Waals surface area contributed by atoms with Gasteiger partial charge in [-0.3, -0.25) is 9.59 Å². The van der Waals surface area contributed by atoms with Gasteiger partial charge >= 0.3 is 0 Å². The highest BCUT2D eigenvalue weighted by Gasteiger charge is 2.26. The maximum atomic E-state index is 12.4. The number of para-hydroxylation sites is 2. The van der Waals surface area contributed by atoms with E-state index in [0.29, 0.717) is 11.4 Å². The van der Waals surface area contributed by atoms with Gasteiger partial charge in [-0.05, 0) is 30.5 Å². The van der Waals surface area contributed by atoms with Crippen LogP contribution in [0.5, 0.6) is 5.75 Å². The van der Waals surface area contributed by atoms with E-state index in [2.05, 4.69) is 17.9 Å². The van der Waals surface area contributed by atoms with Crippen molar-refractivity contribution in [3.05, 3.63) is 46.7 Å². The predicted octanol–water partition coefficient (Wildman–Crippen LogP) is 3.46. The van der Waals surface area contributed by atoms with Gasteiger partial charge in [0.15, 0.2) is 5.78 Å². The number of fused-ring (bicyclic) bond motifs is 1. The van der Waals surface area contributed by atoms with Crippen LogP contribution in [0.4, 0.5) is 5.69 Å². The molecule has 2 aromatic rings. The number of carbonyl (C=O) groups is 2. The minimum atomic E-state index is -0.0770. The van der Waals surface area contributed by atoms with Gasteiger partial charge in [0.2, 0.25) is 5.91 Å². The fraction of sp³-hybridized carbons (Fsp3) is 0.400. The zero-order chi connectivity index (χ0) is 18.5. The molecule has 0 N–H and O–H groups in total. The Morgan fingerprint density at radius 2 is 2.04 bits per heavy atom. The second-order valence-electron chi connectivity index (χ2n) is 6.42. The number of ether oxygens (including phenoxy) is 1. The molecule has 0 saturated carbocycles. The summed E-state index contributed by atoms with van der Waals surface area (Å²) in [5.41, 5.74) is 1.10. The largest absolute Gasteiger partial charge is 0.485 e. The summed E-state index contributed by atoms with van der Waals surface area (Å²) in [4.78, 5) is 29.1. The van der Waals surface area contributed by atoms with E-state index >= 15 is 0 Å². The molecular weight excluding hydrogens is 348 g/mol. The number of Topliss-reactive ketones (excluding diaryl/α,β-unsaturated/α-hetero) is 1. The number of benzene rings is 1. The van der Waals surface area contributed by atoms with Gasteiger partial charge in [-0.2, -0.15) is 0 Å². The number of anilines is 1. The third-order valence-corrected chi connectivity index (χ3v) is 5.48. The molecule has 0 aliphatic carbocycles. The van der Waals surface area contributed by atoms with E-state index < -0.39 is 0 Å². The van der Waals surface area contributed by atoms with E-state index in [4.69, 9.17) is 4.74 Å². The van der Waals surface area contributed by atoms with Crippen LogP contribution in [0.2, 0.25) is 0 Å². The minimum Gasteiger partial charge on any atom is -0.485 e. The van der Waals surface area contributed by atoms with Crippen LogP contribution < -0.4 is 9.64 Å². The van der Waals surface area contributed by atoms with E-state index in [0.717, 1.165) is 24.5 Å². The first kappa shape index (κ1) is 18.5. The molecule has 26 heavy (non-hydrogen) atoms. The predicted molar refractivity (Wildman–Crippen MR) is 104 cm³/mol. The van der Waals surface area contributed by atoms with Gasteiger partial charge in [0, 0.05) is 26.4 Å². The van der Waals surface area contributed by atoms with Gasteiger partial charge < -0.3 is 14.5 Å². The van der Waals surface area contributed by atoms with Crippen molar-refractivity contribution < 1.29 is 14.3 Å². The lowest BCUT2D eigenvalue weighted by atomic mass is 10.1.